The molecule has 0 aliphatic heterocycles. The molecule has 2 aromatic heterocycles. The Morgan fingerprint density at radius 2 is 1.98 bits per heavy atom. The lowest BCUT2D eigenvalue weighted by atomic mass is 9.80. The standard InChI is InChI=1S/C29H34F2N8O4S/c1-34-29(8-6-16(7-9-29)27(42)36-12-19-14-38(2)15-37-19)39(3)28(43)23-25(41)24(40)20(13-35-23)26(33)44-22(32)10-17-4-5-18(30)11-21(17)31/h4-5,11,13-16,32-34,41H,6-10,12H2,1-3H3,(H,35,40)(H,36,42). The number of amides is 2. The molecule has 0 saturated heterocycles. The van der Waals surface area contributed by atoms with Crippen LogP contribution >= 0.6 is 11.8 Å². The zero-order valence-electron chi connectivity index (χ0n) is 24.5. The fourth-order valence-corrected chi connectivity index (χ4v) is 5.99. The van der Waals surface area contributed by atoms with Crippen LogP contribution in [0.1, 0.15) is 53.0 Å². The predicted molar refractivity (Wildman–Crippen MR) is 162 cm³/mol. The van der Waals surface area contributed by atoms with E-state index in [1.165, 1.54) is 11.0 Å². The summed E-state index contributed by atoms with van der Waals surface area (Å²) < 4.78 is 28.9. The van der Waals surface area contributed by atoms with E-state index in [-0.39, 0.29) is 40.1 Å². The monoisotopic (exact) mass is 628 g/mol. The number of carbonyl (C=O) groups excluding carboxylic acids is 2. The van der Waals surface area contributed by atoms with Crippen LogP contribution in [-0.4, -0.2) is 66.2 Å². The Bertz CT molecular complexity index is 1650. The van der Waals surface area contributed by atoms with Gasteiger partial charge in [0, 0.05) is 44.9 Å². The van der Waals surface area contributed by atoms with Crippen molar-refractivity contribution >= 4 is 33.7 Å². The number of rotatable bonds is 9. The van der Waals surface area contributed by atoms with Gasteiger partial charge in [0.05, 0.1) is 34.8 Å². The fraction of sp³-hybridized carbons (Fsp3) is 0.379. The maximum absolute atomic E-state index is 14.0. The summed E-state index contributed by atoms with van der Waals surface area (Å²) in [6.07, 6.45) is 6.23. The van der Waals surface area contributed by atoms with Gasteiger partial charge >= 0.3 is 0 Å². The van der Waals surface area contributed by atoms with Crippen LogP contribution in [0, 0.1) is 28.4 Å². The molecule has 234 valence electrons. The average molecular weight is 629 g/mol. The first-order valence-corrected chi connectivity index (χ1v) is 14.6. The van der Waals surface area contributed by atoms with Gasteiger partial charge in [-0.25, -0.2) is 13.8 Å². The van der Waals surface area contributed by atoms with E-state index in [9.17, 15) is 28.3 Å². The molecule has 2 amide bonds. The van der Waals surface area contributed by atoms with Gasteiger partial charge in [-0.1, -0.05) is 17.8 Å². The highest BCUT2D eigenvalue weighted by atomic mass is 32.2. The number of carbonyl (C=O) groups is 2. The van der Waals surface area contributed by atoms with Crippen LogP contribution in [0.3, 0.4) is 0 Å². The number of hydrogen-bond donors (Lipinski definition) is 6. The number of pyridine rings is 1. The molecule has 3 aromatic rings. The van der Waals surface area contributed by atoms with Gasteiger partial charge in [-0.2, -0.15) is 0 Å². The van der Waals surface area contributed by atoms with Gasteiger partial charge in [0.2, 0.25) is 11.3 Å². The summed E-state index contributed by atoms with van der Waals surface area (Å²) >= 11 is 0.568. The molecular weight excluding hydrogens is 594 g/mol. The Morgan fingerprint density at radius 1 is 1.27 bits per heavy atom. The van der Waals surface area contributed by atoms with Crippen LogP contribution in [0.5, 0.6) is 5.75 Å². The van der Waals surface area contributed by atoms with Crippen LogP contribution in [0.15, 0.2) is 41.7 Å². The highest BCUT2D eigenvalue weighted by Gasteiger charge is 2.42. The number of aromatic amines is 1. The predicted octanol–water partition coefficient (Wildman–Crippen LogP) is 2.87. The van der Waals surface area contributed by atoms with Gasteiger partial charge in [0.1, 0.15) is 16.7 Å². The van der Waals surface area contributed by atoms with Crippen LogP contribution in [0.2, 0.25) is 0 Å². The van der Waals surface area contributed by atoms with Crippen molar-refractivity contribution in [3.63, 3.8) is 0 Å². The number of H-pyrrole nitrogens is 1. The molecule has 0 bridgehead atoms. The Morgan fingerprint density at radius 3 is 2.59 bits per heavy atom. The molecule has 0 radical (unpaired) electrons. The zero-order chi connectivity index (χ0) is 32.2. The van der Waals surface area contributed by atoms with Crippen molar-refractivity contribution in [2.24, 2.45) is 13.0 Å². The van der Waals surface area contributed by atoms with Gasteiger partial charge in [-0.15, -0.1) is 0 Å². The maximum Gasteiger partial charge on any atom is 0.275 e. The van der Waals surface area contributed by atoms with E-state index >= 15 is 0 Å². The fourth-order valence-electron chi connectivity index (χ4n) is 5.26. The Balaban J connectivity index is 1.39. The third kappa shape index (κ3) is 7.05. The maximum atomic E-state index is 14.0. The zero-order valence-corrected chi connectivity index (χ0v) is 25.3. The van der Waals surface area contributed by atoms with Crippen molar-refractivity contribution in [2.75, 3.05) is 14.1 Å². The first-order valence-electron chi connectivity index (χ1n) is 13.8. The average Bonchev–Trinajstić information content (AvgIpc) is 3.42. The molecule has 6 N–H and O–H groups in total. The molecular formula is C29H34F2N8O4S. The lowest BCUT2D eigenvalue weighted by molar-refractivity contribution is -0.127. The molecule has 0 spiro atoms. The van der Waals surface area contributed by atoms with E-state index < -0.39 is 39.4 Å². The summed E-state index contributed by atoms with van der Waals surface area (Å²) in [4.78, 5) is 47.5. The van der Waals surface area contributed by atoms with E-state index in [2.05, 4.69) is 20.6 Å². The van der Waals surface area contributed by atoms with Crippen molar-refractivity contribution in [1.29, 1.82) is 10.8 Å². The molecule has 4 rings (SSSR count). The van der Waals surface area contributed by atoms with Gasteiger partial charge in [0.25, 0.3) is 5.91 Å². The third-order valence-corrected chi connectivity index (χ3v) is 8.72. The van der Waals surface area contributed by atoms with Gasteiger partial charge in [0.15, 0.2) is 11.4 Å². The summed E-state index contributed by atoms with van der Waals surface area (Å²) in [6, 6.07) is 2.95. The second-order valence-electron chi connectivity index (χ2n) is 10.7. The number of benzene rings is 1. The van der Waals surface area contributed by atoms with Crippen LogP contribution in [0.4, 0.5) is 8.78 Å². The van der Waals surface area contributed by atoms with E-state index in [0.717, 1.165) is 18.0 Å². The van der Waals surface area contributed by atoms with Crippen molar-refractivity contribution in [3.05, 3.63) is 81.3 Å². The summed E-state index contributed by atoms with van der Waals surface area (Å²) in [5, 5.41) is 32.6. The lowest BCUT2D eigenvalue weighted by Gasteiger charge is -2.46. The van der Waals surface area contributed by atoms with Crippen LogP contribution < -0.4 is 16.1 Å². The number of imidazole rings is 1. The Kier molecular flexibility index (Phi) is 9.99. The molecule has 44 heavy (non-hydrogen) atoms. The van der Waals surface area contributed by atoms with Crippen molar-refractivity contribution in [1.82, 2.24) is 30.1 Å². The quantitative estimate of drug-likeness (QED) is 0.120. The van der Waals surface area contributed by atoms with Gasteiger partial charge in [-0.3, -0.25) is 30.5 Å². The molecule has 15 heteroatoms. The molecule has 0 unspecified atom stereocenters. The van der Waals surface area contributed by atoms with Crippen molar-refractivity contribution in [2.45, 2.75) is 44.3 Å². The summed E-state index contributed by atoms with van der Waals surface area (Å²) in [7, 11) is 5.08. The third-order valence-electron chi connectivity index (χ3n) is 7.90. The summed E-state index contributed by atoms with van der Waals surface area (Å²) in [5.74, 6) is -3.48. The molecule has 12 nitrogen and oxygen atoms in total. The summed E-state index contributed by atoms with van der Waals surface area (Å²) in [5.41, 5.74) is -1.67. The minimum absolute atomic E-state index is 0.0510. The number of thioether (sulfide) groups is 1. The number of aryl methyl sites for hydroxylation is 1. The number of aromatic hydroxyl groups is 1. The number of halogens is 2. The van der Waals surface area contributed by atoms with Gasteiger partial charge in [-0.05, 0) is 44.4 Å². The molecule has 1 saturated carbocycles. The number of hydrogen-bond acceptors (Lipinski definition) is 9. The highest BCUT2D eigenvalue weighted by Crippen LogP contribution is 2.35. The first kappa shape index (κ1) is 32.5. The topological polar surface area (TPSA) is 180 Å². The van der Waals surface area contributed by atoms with Crippen LogP contribution in [-0.2, 0) is 24.8 Å². The largest absolute Gasteiger partial charge is 0.503 e. The SMILES string of the molecule is CNC1(N(C)C(=O)c2[nH]cc(C(=N)SC(=N)Cc3ccc(F)cc3F)c(=O)c2O)CCC(C(=O)NCc2cn(C)cn2)CC1. The normalized spacial score (nSPS) is 18.1. The molecule has 1 aliphatic carbocycles. The molecule has 1 aromatic carbocycles. The van der Waals surface area contributed by atoms with Crippen LogP contribution in [0.25, 0.3) is 0 Å². The Hall–Kier alpha value is -4.37. The lowest BCUT2D eigenvalue weighted by Crippen LogP contribution is -2.60. The van der Waals surface area contributed by atoms with E-state index in [1.54, 1.807) is 25.0 Å². The highest BCUT2D eigenvalue weighted by molar-refractivity contribution is 8.26. The number of nitrogens with one attached hydrogen (secondary N) is 5. The molecule has 0 atom stereocenters. The van der Waals surface area contributed by atoms with Crippen molar-refractivity contribution in [3.8, 4) is 5.75 Å². The second-order valence-corrected chi connectivity index (χ2v) is 11.8. The van der Waals surface area contributed by atoms with E-state index in [0.29, 0.717) is 50.1 Å². The first-order chi connectivity index (χ1) is 20.8. The summed E-state index contributed by atoms with van der Waals surface area (Å²) in [6.45, 7) is 0.318. The Labute approximate surface area is 256 Å². The molecule has 2 heterocycles. The van der Waals surface area contributed by atoms with E-state index in [4.69, 9.17) is 10.8 Å². The van der Waals surface area contributed by atoms with Crippen molar-refractivity contribution < 1.29 is 23.5 Å². The minimum atomic E-state index is -0.981. The van der Waals surface area contributed by atoms with Gasteiger partial charge < -0.3 is 24.9 Å². The van der Waals surface area contributed by atoms with E-state index in [1.807, 2.05) is 13.2 Å². The number of aromatic nitrogens is 3. The number of nitrogens with zero attached hydrogens (tertiary/aromatic N) is 3. The second kappa shape index (κ2) is 13.5. The molecule has 1 fully saturated rings. The molecule has 1 aliphatic rings. The minimum Gasteiger partial charge on any atom is -0.503 e. The smallest absolute Gasteiger partial charge is 0.275 e.